The van der Waals surface area contributed by atoms with E-state index in [9.17, 15) is 19.5 Å². The van der Waals surface area contributed by atoms with Crippen molar-refractivity contribution in [1.29, 1.82) is 0 Å². The van der Waals surface area contributed by atoms with E-state index in [2.05, 4.69) is 5.09 Å². The molecule has 1 aromatic carbocycles. The number of nitro benzene ring substituents is 1. The highest BCUT2D eigenvalue weighted by atomic mass is 31.1. The Morgan fingerprint density at radius 2 is 1.86 bits per heavy atom. The van der Waals surface area contributed by atoms with Gasteiger partial charge in [0.15, 0.2) is 5.75 Å². The topological polar surface area (TPSA) is 108 Å². The van der Waals surface area contributed by atoms with Crippen molar-refractivity contribution in [3.63, 3.8) is 0 Å². The molecule has 0 saturated carbocycles. The number of nitrogens with one attached hydrogen (secondary N) is 1. The van der Waals surface area contributed by atoms with Gasteiger partial charge in [0.25, 0.3) is 5.69 Å². The second kappa shape index (κ2) is 7.66. The molecule has 114 valence electrons. The van der Waals surface area contributed by atoms with E-state index >= 15 is 0 Å². The minimum Gasteiger partial charge on any atom is -0.462 e. The van der Waals surface area contributed by atoms with Crippen LogP contribution in [0.3, 0.4) is 0 Å². The lowest BCUT2D eigenvalue weighted by Crippen LogP contribution is -2.33. The van der Waals surface area contributed by atoms with Gasteiger partial charge in [-0.15, -0.1) is 0 Å². The minimum absolute atomic E-state index is 0.0978. The number of carbonyl (C=O) groups is 1. The Morgan fingerprint density at radius 1 is 1.29 bits per heavy atom. The van der Waals surface area contributed by atoms with Crippen molar-refractivity contribution in [2.24, 2.45) is 0 Å². The van der Waals surface area contributed by atoms with Crippen LogP contribution >= 0.6 is 8.18 Å². The first kappa shape index (κ1) is 17.0. The van der Waals surface area contributed by atoms with Crippen LogP contribution in [0.5, 0.6) is 5.75 Å². The molecule has 0 spiro atoms. The number of non-ortho nitro benzene ring substituents is 1. The molecular weight excluding hydrogens is 299 g/mol. The predicted octanol–water partition coefficient (Wildman–Crippen LogP) is 2.56. The average Bonchev–Trinajstić information content (AvgIpc) is 2.38. The van der Waals surface area contributed by atoms with Crippen LogP contribution < -0.4 is 9.61 Å². The highest BCUT2D eigenvalue weighted by Crippen LogP contribution is 2.26. The molecule has 1 unspecified atom stereocenters. The number of nitrogens with zero attached hydrogens (tertiary/aromatic N) is 1. The van der Waals surface area contributed by atoms with E-state index in [1.165, 1.54) is 31.2 Å². The average molecular weight is 315 g/mol. The Bertz CT molecular complexity index is 531. The monoisotopic (exact) mass is 315 g/mol. The highest BCUT2D eigenvalue weighted by molar-refractivity contribution is 7.37. The maximum absolute atomic E-state index is 11.7. The van der Waals surface area contributed by atoms with E-state index in [-0.39, 0.29) is 17.5 Å². The van der Waals surface area contributed by atoms with Crippen LogP contribution in [-0.4, -0.2) is 23.0 Å². The molecule has 0 bridgehead atoms. The number of hydrogen-bond donors (Lipinski definition) is 1. The van der Waals surface area contributed by atoms with Gasteiger partial charge in [0.2, 0.25) is 0 Å². The lowest BCUT2D eigenvalue weighted by molar-refractivity contribution is -0.384. The fourth-order valence-corrected chi connectivity index (χ4v) is 2.08. The van der Waals surface area contributed by atoms with Crippen molar-refractivity contribution >= 4 is 19.8 Å². The molecule has 0 aliphatic carbocycles. The first-order valence-electron chi connectivity index (χ1n) is 6.16. The van der Waals surface area contributed by atoms with E-state index in [4.69, 9.17) is 9.26 Å². The maximum Gasteiger partial charge on any atom is 0.664 e. The zero-order valence-corrected chi connectivity index (χ0v) is 12.7. The summed E-state index contributed by atoms with van der Waals surface area (Å²) in [5.74, 6) is -0.348. The van der Waals surface area contributed by atoms with Gasteiger partial charge in [-0.3, -0.25) is 14.9 Å². The van der Waals surface area contributed by atoms with Gasteiger partial charge >= 0.3 is 14.1 Å². The first-order valence-corrected chi connectivity index (χ1v) is 7.33. The summed E-state index contributed by atoms with van der Waals surface area (Å²) in [6.45, 7) is 4.91. The number of hydrogen-bond acceptors (Lipinski definition) is 6. The third-order valence-corrected chi connectivity index (χ3v) is 3.22. The molecule has 9 heteroatoms. The summed E-state index contributed by atoms with van der Waals surface area (Å²) in [7, 11) is -2.35. The van der Waals surface area contributed by atoms with Gasteiger partial charge in [-0.05, 0) is 32.9 Å². The van der Waals surface area contributed by atoms with Gasteiger partial charge in [0, 0.05) is 16.7 Å². The van der Waals surface area contributed by atoms with Crippen molar-refractivity contribution in [1.82, 2.24) is 5.09 Å². The van der Waals surface area contributed by atoms with E-state index in [1.807, 2.05) is 0 Å². The van der Waals surface area contributed by atoms with E-state index in [1.54, 1.807) is 13.8 Å². The lowest BCUT2D eigenvalue weighted by atomic mass is 10.3. The first-order chi connectivity index (χ1) is 9.79. The van der Waals surface area contributed by atoms with Crippen molar-refractivity contribution in [3.05, 3.63) is 34.4 Å². The van der Waals surface area contributed by atoms with Gasteiger partial charge in [0.1, 0.15) is 6.04 Å². The molecule has 1 aromatic rings. The largest absolute Gasteiger partial charge is 0.664 e. The maximum atomic E-state index is 11.7. The molecular formula is C12H16N2O6P+. The molecule has 0 radical (unpaired) electrons. The number of rotatable bonds is 7. The van der Waals surface area contributed by atoms with E-state index < -0.39 is 25.1 Å². The SMILES string of the molecule is CC(C)OC(=O)[C@@H](C)N[P+](=O)Oc1ccc([N+](=O)[O-])cc1. The highest BCUT2D eigenvalue weighted by Gasteiger charge is 2.29. The van der Waals surface area contributed by atoms with Crippen LogP contribution in [0.4, 0.5) is 5.69 Å². The second-order valence-corrected chi connectivity index (χ2v) is 5.39. The van der Waals surface area contributed by atoms with Crippen molar-refractivity contribution in [3.8, 4) is 5.75 Å². The summed E-state index contributed by atoms with van der Waals surface area (Å²) in [5.41, 5.74) is -0.0978. The molecule has 0 saturated heterocycles. The molecule has 0 amide bonds. The fraction of sp³-hybridized carbons (Fsp3) is 0.417. The molecule has 1 rings (SSSR count). The van der Waals surface area contributed by atoms with Crippen LogP contribution in [0.2, 0.25) is 0 Å². The fourth-order valence-electron chi connectivity index (χ4n) is 1.30. The van der Waals surface area contributed by atoms with Gasteiger partial charge in [-0.2, -0.15) is 0 Å². The molecule has 0 fully saturated rings. The molecule has 8 nitrogen and oxygen atoms in total. The Balaban J connectivity index is 2.53. The molecule has 1 N–H and O–H groups in total. The van der Waals surface area contributed by atoms with Gasteiger partial charge < -0.3 is 4.74 Å². The van der Waals surface area contributed by atoms with Crippen LogP contribution in [0.25, 0.3) is 0 Å². The number of benzene rings is 1. The second-order valence-electron chi connectivity index (χ2n) is 4.44. The molecule has 0 aliphatic rings. The smallest absolute Gasteiger partial charge is 0.462 e. The summed E-state index contributed by atoms with van der Waals surface area (Å²) in [5, 5.41) is 12.9. The summed E-state index contributed by atoms with van der Waals surface area (Å²) >= 11 is 0. The molecule has 0 heterocycles. The summed E-state index contributed by atoms with van der Waals surface area (Å²) in [6.07, 6.45) is -0.268. The normalized spacial score (nSPS) is 12.7. The number of carbonyl (C=O) groups excluding carboxylic acids is 1. The Hall–Kier alpha value is -2.05. The summed E-state index contributed by atoms with van der Waals surface area (Å²) < 4.78 is 21.7. The predicted molar refractivity (Wildman–Crippen MR) is 75.2 cm³/mol. The van der Waals surface area contributed by atoms with E-state index in [0.717, 1.165) is 0 Å². The Morgan fingerprint density at radius 3 is 2.33 bits per heavy atom. The van der Waals surface area contributed by atoms with Gasteiger partial charge in [0.05, 0.1) is 11.0 Å². The molecule has 0 aliphatic heterocycles. The number of ether oxygens (including phenoxy) is 1. The van der Waals surface area contributed by atoms with Crippen LogP contribution in [-0.2, 0) is 14.1 Å². The lowest BCUT2D eigenvalue weighted by Gasteiger charge is -2.10. The third-order valence-electron chi connectivity index (χ3n) is 2.24. The van der Waals surface area contributed by atoms with Crippen molar-refractivity contribution in [2.45, 2.75) is 32.9 Å². The molecule has 0 aromatic heterocycles. The third kappa shape index (κ3) is 5.85. The van der Waals surface area contributed by atoms with E-state index in [0.29, 0.717) is 0 Å². The Kier molecular flexibility index (Phi) is 6.20. The quantitative estimate of drug-likeness (QED) is 0.356. The van der Waals surface area contributed by atoms with Crippen LogP contribution in [0, 0.1) is 10.1 Å². The van der Waals surface area contributed by atoms with Crippen LogP contribution in [0.1, 0.15) is 20.8 Å². The molecule has 21 heavy (non-hydrogen) atoms. The van der Waals surface area contributed by atoms with Gasteiger partial charge in [-0.25, -0.2) is 4.52 Å². The zero-order valence-electron chi connectivity index (χ0n) is 11.8. The Labute approximate surface area is 122 Å². The standard InChI is InChI=1S/C12H16N2O6P/c1-8(2)19-12(15)9(3)13-21(18)20-11-6-4-10(5-7-11)14(16)17/h4-9H,1-3H3,(H,13,18)/q+1/t9-/m1/s1. The summed E-state index contributed by atoms with van der Waals surface area (Å²) in [6, 6.07) is 4.31. The molecule has 2 atom stereocenters. The van der Waals surface area contributed by atoms with Crippen LogP contribution in [0.15, 0.2) is 24.3 Å². The number of esters is 1. The zero-order chi connectivity index (χ0) is 16.0. The van der Waals surface area contributed by atoms with Gasteiger partial charge in [-0.1, -0.05) is 5.09 Å². The van der Waals surface area contributed by atoms with Crippen molar-refractivity contribution < 1.29 is 23.5 Å². The summed E-state index contributed by atoms with van der Waals surface area (Å²) in [4.78, 5) is 21.5. The number of nitro groups is 1. The van der Waals surface area contributed by atoms with Crippen molar-refractivity contribution in [2.75, 3.05) is 0 Å². The minimum atomic E-state index is -2.35.